The van der Waals surface area contributed by atoms with E-state index in [2.05, 4.69) is 11.4 Å². The molecule has 15 heavy (non-hydrogen) atoms. The van der Waals surface area contributed by atoms with E-state index < -0.39 is 5.97 Å². The Kier molecular flexibility index (Phi) is 2.73. The Balaban J connectivity index is 2.26. The first kappa shape index (κ1) is 10.2. The smallest absolute Gasteiger partial charge is 0.308 e. The third kappa shape index (κ3) is 2.02. The van der Waals surface area contributed by atoms with E-state index in [-0.39, 0.29) is 12.0 Å². The van der Waals surface area contributed by atoms with Gasteiger partial charge in [0.25, 0.3) is 0 Å². The van der Waals surface area contributed by atoms with E-state index in [4.69, 9.17) is 5.11 Å². The Bertz CT molecular complexity index is 376. The Morgan fingerprint density at radius 2 is 2.33 bits per heavy atom. The van der Waals surface area contributed by atoms with Crippen LogP contribution in [0.2, 0.25) is 0 Å². The molecule has 3 nitrogen and oxygen atoms in total. The molecule has 2 N–H and O–H groups in total. The minimum atomic E-state index is -0.702. The summed E-state index contributed by atoms with van der Waals surface area (Å²) in [7, 11) is 0. The number of hydrogen-bond acceptors (Lipinski definition) is 2. The number of nitrogens with one attached hydrogen (secondary N) is 1. The van der Waals surface area contributed by atoms with Crippen LogP contribution in [0.5, 0.6) is 0 Å². The molecule has 1 aliphatic heterocycles. The van der Waals surface area contributed by atoms with Crippen LogP contribution in [0.4, 0.5) is 0 Å². The van der Waals surface area contributed by atoms with Gasteiger partial charge in [-0.1, -0.05) is 29.8 Å². The normalized spacial score (nSPS) is 25.4. The molecule has 2 rings (SSSR count). The van der Waals surface area contributed by atoms with Gasteiger partial charge in [0.15, 0.2) is 0 Å². The molecule has 80 valence electrons. The molecule has 0 unspecified atom stereocenters. The lowest BCUT2D eigenvalue weighted by Gasteiger charge is -2.16. The lowest BCUT2D eigenvalue weighted by molar-refractivity contribution is -0.142. The second-order valence-corrected chi connectivity index (χ2v) is 4.08. The van der Waals surface area contributed by atoms with E-state index >= 15 is 0 Å². The minimum Gasteiger partial charge on any atom is -0.481 e. The average molecular weight is 205 g/mol. The van der Waals surface area contributed by atoms with Crippen LogP contribution in [-0.4, -0.2) is 17.6 Å². The first-order valence-electron chi connectivity index (χ1n) is 5.21. The Hall–Kier alpha value is -1.35. The molecule has 0 bridgehead atoms. The highest BCUT2D eigenvalue weighted by atomic mass is 16.4. The van der Waals surface area contributed by atoms with Crippen LogP contribution in [0, 0.1) is 12.8 Å². The number of carbonyl (C=O) groups is 1. The Labute approximate surface area is 89.1 Å². The van der Waals surface area contributed by atoms with Crippen molar-refractivity contribution in [3.63, 3.8) is 0 Å². The second kappa shape index (κ2) is 4.03. The van der Waals surface area contributed by atoms with Gasteiger partial charge in [-0.2, -0.15) is 0 Å². The molecule has 0 amide bonds. The zero-order valence-electron chi connectivity index (χ0n) is 8.73. The zero-order chi connectivity index (χ0) is 10.8. The maximum Gasteiger partial charge on any atom is 0.308 e. The van der Waals surface area contributed by atoms with Gasteiger partial charge in [0.05, 0.1) is 5.92 Å². The Morgan fingerprint density at radius 1 is 1.53 bits per heavy atom. The number of aliphatic carboxylic acids is 1. The van der Waals surface area contributed by atoms with Gasteiger partial charge in [-0.3, -0.25) is 4.79 Å². The van der Waals surface area contributed by atoms with Gasteiger partial charge in [-0.25, -0.2) is 0 Å². The molecule has 1 heterocycles. The van der Waals surface area contributed by atoms with Crippen molar-refractivity contribution in [2.45, 2.75) is 19.4 Å². The molecule has 0 spiro atoms. The fraction of sp³-hybridized carbons (Fsp3) is 0.417. The third-order valence-electron chi connectivity index (χ3n) is 2.94. The zero-order valence-corrected chi connectivity index (χ0v) is 8.73. The molecule has 1 aromatic rings. The predicted molar refractivity (Wildman–Crippen MR) is 57.7 cm³/mol. The quantitative estimate of drug-likeness (QED) is 0.773. The molecular weight excluding hydrogens is 190 g/mol. The van der Waals surface area contributed by atoms with Gasteiger partial charge < -0.3 is 10.4 Å². The van der Waals surface area contributed by atoms with Crippen LogP contribution >= 0.6 is 0 Å². The standard InChI is InChI=1S/C12H15NO2/c1-8-3-2-4-9(7-8)11-10(12(14)15)5-6-13-11/h2-4,7,10-11,13H,5-6H2,1H3,(H,14,15)/t10-,11+/m1/s1. The summed E-state index contributed by atoms with van der Waals surface area (Å²) >= 11 is 0. The molecule has 1 fully saturated rings. The number of aryl methyl sites for hydroxylation is 1. The highest BCUT2D eigenvalue weighted by Crippen LogP contribution is 2.29. The van der Waals surface area contributed by atoms with Crippen LogP contribution in [0.25, 0.3) is 0 Å². The van der Waals surface area contributed by atoms with Crippen molar-refractivity contribution >= 4 is 5.97 Å². The fourth-order valence-corrected chi connectivity index (χ4v) is 2.18. The summed E-state index contributed by atoms with van der Waals surface area (Å²) in [5, 5.41) is 12.3. The number of hydrogen-bond donors (Lipinski definition) is 2. The van der Waals surface area contributed by atoms with Crippen LogP contribution in [-0.2, 0) is 4.79 Å². The molecule has 2 atom stereocenters. The first-order valence-corrected chi connectivity index (χ1v) is 5.21. The van der Waals surface area contributed by atoms with Crippen molar-refractivity contribution < 1.29 is 9.90 Å². The molecule has 1 aliphatic rings. The maximum atomic E-state index is 11.0. The topological polar surface area (TPSA) is 49.3 Å². The van der Waals surface area contributed by atoms with E-state index in [0.717, 1.165) is 12.1 Å². The van der Waals surface area contributed by atoms with Gasteiger partial charge in [0, 0.05) is 6.04 Å². The molecule has 0 saturated carbocycles. The largest absolute Gasteiger partial charge is 0.481 e. The Morgan fingerprint density at radius 3 is 3.00 bits per heavy atom. The number of carboxylic acids is 1. The van der Waals surface area contributed by atoms with Crippen molar-refractivity contribution in [2.24, 2.45) is 5.92 Å². The van der Waals surface area contributed by atoms with E-state index in [1.807, 2.05) is 25.1 Å². The lowest BCUT2D eigenvalue weighted by Crippen LogP contribution is -2.23. The monoisotopic (exact) mass is 205 g/mol. The molecule has 1 aromatic carbocycles. The summed E-state index contributed by atoms with van der Waals surface area (Å²) in [6.07, 6.45) is 0.716. The van der Waals surface area contributed by atoms with E-state index in [1.165, 1.54) is 5.56 Å². The van der Waals surface area contributed by atoms with Gasteiger partial charge in [0.1, 0.15) is 0 Å². The van der Waals surface area contributed by atoms with Crippen molar-refractivity contribution in [2.75, 3.05) is 6.54 Å². The molecule has 0 radical (unpaired) electrons. The van der Waals surface area contributed by atoms with E-state index in [1.54, 1.807) is 0 Å². The van der Waals surface area contributed by atoms with Crippen molar-refractivity contribution in [3.05, 3.63) is 35.4 Å². The molecule has 0 aromatic heterocycles. The fourth-order valence-electron chi connectivity index (χ4n) is 2.18. The summed E-state index contributed by atoms with van der Waals surface area (Å²) in [4.78, 5) is 11.0. The lowest BCUT2D eigenvalue weighted by atomic mass is 9.93. The summed E-state index contributed by atoms with van der Waals surface area (Å²) in [5.41, 5.74) is 2.25. The van der Waals surface area contributed by atoms with Gasteiger partial charge in [-0.05, 0) is 25.5 Å². The van der Waals surface area contributed by atoms with Crippen molar-refractivity contribution in [1.82, 2.24) is 5.32 Å². The summed E-state index contributed by atoms with van der Waals surface area (Å²) < 4.78 is 0. The van der Waals surface area contributed by atoms with E-state index in [9.17, 15) is 4.79 Å². The van der Waals surface area contributed by atoms with Crippen LogP contribution in [0.3, 0.4) is 0 Å². The molecular formula is C12H15NO2. The van der Waals surface area contributed by atoms with Gasteiger partial charge >= 0.3 is 5.97 Å². The highest BCUT2D eigenvalue weighted by Gasteiger charge is 2.33. The average Bonchev–Trinajstić information content (AvgIpc) is 2.65. The number of carboxylic acid groups (broad SMARTS) is 1. The first-order chi connectivity index (χ1) is 7.18. The van der Waals surface area contributed by atoms with Gasteiger partial charge in [-0.15, -0.1) is 0 Å². The van der Waals surface area contributed by atoms with Crippen LogP contribution in [0.15, 0.2) is 24.3 Å². The van der Waals surface area contributed by atoms with E-state index in [0.29, 0.717) is 6.42 Å². The minimum absolute atomic E-state index is 0.0256. The third-order valence-corrected chi connectivity index (χ3v) is 2.94. The van der Waals surface area contributed by atoms with Crippen LogP contribution < -0.4 is 5.32 Å². The summed E-state index contributed by atoms with van der Waals surface area (Å²) in [6, 6.07) is 8.02. The van der Waals surface area contributed by atoms with Gasteiger partial charge in [0.2, 0.25) is 0 Å². The van der Waals surface area contributed by atoms with Crippen molar-refractivity contribution in [3.8, 4) is 0 Å². The predicted octanol–water partition coefficient (Wildman–Crippen LogP) is 1.73. The SMILES string of the molecule is Cc1cccc([C@@H]2NCC[C@H]2C(=O)O)c1. The molecule has 1 saturated heterocycles. The van der Waals surface area contributed by atoms with Crippen LogP contribution in [0.1, 0.15) is 23.6 Å². The molecule has 3 heteroatoms. The number of rotatable bonds is 2. The number of benzene rings is 1. The second-order valence-electron chi connectivity index (χ2n) is 4.08. The molecule has 0 aliphatic carbocycles. The maximum absolute atomic E-state index is 11.0. The summed E-state index contributed by atoms with van der Waals surface area (Å²) in [6.45, 7) is 2.81. The summed E-state index contributed by atoms with van der Waals surface area (Å²) in [5.74, 6) is -0.988. The highest BCUT2D eigenvalue weighted by molar-refractivity contribution is 5.71. The van der Waals surface area contributed by atoms with Crippen molar-refractivity contribution in [1.29, 1.82) is 0 Å².